The molecule has 6 nitrogen and oxygen atoms in total. The molecule has 1 atom stereocenters. The lowest BCUT2D eigenvalue weighted by Gasteiger charge is -2.18. The Morgan fingerprint density at radius 1 is 1.34 bits per heavy atom. The number of aromatic amines is 1. The maximum atomic E-state index is 12.8. The van der Waals surface area contributed by atoms with Crippen LogP contribution in [0.25, 0.3) is 21.9 Å². The predicted molar refractivity (Wildman–Crippen MR) is 112 cm³/mol. The molecule has 3 aromatic rings. The van der Waals surface area contributed by atoms with Gasteiger partial charge < -0.3 is 14.5 Å². The topological polar surface area (TPSA) is 88.0 Å². The molecular formula is C22H19N3O3S. The number of allylic oxidation sites excluding steroid dienone is 1. The van der Waals surface area contributed by atoms with Crippen molar-refractivity contribution in [3.8, 4) is 17.6 Å². The number of rotatable bonds is 2. The van der Waals surface area contributed by atoms with Crippen molar-refractivity contribution in [3.05, 3.63) is 50.4 Å². The molecule has 7 heteroatoms. The van der Waals surface area contributed by atoms with Crippen molar-refractivity contribution in [1.82, 2.24) is 9.97 Å². The van der Waals surface area contributed by atoms with Gasteiger partial charge in [-0.3, -0.25) is 4.79 Å². The number of hydrogen-bond acceptors (Lipinski definition) is 6. The van der Waals surface area contributed by atoms with E-state index in [2.05, 4.69) is 23.0 Å². The largest absolute Gasteiger partial charge is 0.486 e. The fraction of sp³-hybridized carbons (Fsp3) is 0.318. The van der Waals surface area contributed by atoms with E-state index >= 15 is 0 Å². The van der Waals surface area contributed by atoms with Gasteiger partial charge in [0, 0.05) is 4.88 Å². The molecule has 1 aliphatic heterocycles. The lowest BCUT2D eigenvalue weighted by Crippen LogP contribution is -2.15. The molecule has 29 heavy (non-hydrogen) atoms. The van der Waals surface area contributed by atoms with Crippen LogP contribution < -0.4 is 15.0 Å². The first-order chi connectivity index (χ1) is 14.1. The maximum absolute atomic E-state index is 12.8. The van der Waals surface area contributed by atoms with Crippen LogP contribution in [-0.2, 0) is 12.8 Å². The van der Waals surface area contributed by atoms with E-state index in [0.717, 1.165) is 30.4 Å². The Labute approximate surface area is 171 Å². The van der Waals surface area contributed by atoms with E-state index in [0.29, 0.717) is 52.2 Å². The average Bonchev–Trinajstić information content (AvgIpc) is 3.09. The van der Waals surface area contributed by atoms with Crippen molar-refractivity contribution < 1.29 is 9.47 Å². The second-order valence-electron chi connectivity index (χ2n) is 7.52. The number of nitriles is 1. The fourth-order valence-electron chi connectivity index (χ4n) is 3.95. The zero-order valence-electron chi connectivity index (χ0n) is 15.9. The van der Waals surface area contributed by atoms with Gasteiger partial charge in [0.15, 0.2) is 17.3 Å². The third kappa shape index (κ3) is 3.19. The number of ether oxygens (including phenoxy) is 2. The normalized spacial score (nSPS) is 18.3. The molecule has 5 rings (SSSR count). The highest BCUT2D eigenvalue weighted by molar-refractivity contribution is 7.18. The molecule has 0 amide bonds. The molecule has 1 unspecified atom stereocenters. The molecule has 0 radical (unpaired) electrons. The van der Waals surface area contributed by atoms with E-state index in [-0.39, 0.29) is 5.56 Å². The van der Waals surface area contributed by atoms with E-state index in [1.165, 1.54) is 4.88 Å². The van der Waals surface area contributed by atoms with Crippen molar-refractivity contribution >= 4 is 33.2 Å². The lowest BCUT2D eigenvalue weighted by molar-refractivity contribution is 0.171. The second-order valence-corrected chi connectivity index (χ2v) is 8.60. The quantitative estimate of drug-likeness (QED) is 0.653. The van der Waals surface area contributed by atoms with E-state index in [4.69, 9.17) is 9.47 Å². The molecule has 0 bridgehead atoms. The first-order valence-corrected chi connectivity index (χ1v) is 10.5. The van der Waals surface area contributed by atoms with Gasteiger partial charge in [0.05, 0.1) is 11.0 Å². The monoisotopic (exact) mass is 405 g/mol. The fourth-order valence-corrected chi connectivity index (χ4v) is 5.33. The highest BCUT2D eigenvalue weighted by Gasteiger charge is 2.23. The van der Waals surface area contributed by atoms with E-state index in [9.17, 15) is 10.1 Å². The Kier molecular flexibility index (Phi) is 4.36. The molecule has 1 aliphatic carbocycles. The molecular weight excluding hydrogens is 386 g/mol. The van der Waals surface area contributed by atoms with Gasteiger partial charge in [0.1, 0.15) is 24.1 Å². The molecule has 1 N–H and O–H groups in total. The molecule has 146 valence electrons. The third-order valence-corrected chi connectivity index (χ3v) is 6.57. The molecule has 0 spiro atoms. The number of aryl methyl sites for hydroxylation is 1. The Bertz CT molecular complexity index is 1250. The van der Waals surface area contributed by atoms with Gasteiger partial charge in [-0.25, -0.2) is 4.98 Å². The van der Waals surface area contributed by atoms with Crippen molar-refractivity contribution in [1.29, 1.82) is 5.26 Å². The van der Waals surface area contributed by atoms with Gasteiger partial charge in [0.2, 0.25) is 0 Å². The van der Waals surface area contributed by atoms with E-state index in [1.807, 2.05) is 18.2 Å². The Morgan fingerprint density at radius 2 is 2.17 bits per heavy atom. The summed E-state index contributed by atoms with van der Waals surface area (Å²) in [5, 5.41) is 10.4. The number of benzene rings is 1. The molecule has 0 saturated carbocycles. The summed E-state index contributed by atoms with van der Waals surface area (Å²) in [5.41, 5.74) is 2.06. The van der Waals surface area contributed by atoms with Crippen molar-refractivity contribution in [2.45, 2.75) is 26.2 Å². The second kappa shape index (κ2) is 7.05. The maximum Gasteiger partial charge on any atom is 0.260 e. The molecule has 0 fully saturated rings. The average molecular weight is 405 g/mol. The Hall–Kier alpha value is -3.11. The summed E-state index contributed by atoms with van der Waals surface area (Å²) in [6.07, 6.45) is 4.70. The summed E-state index contributed by atoms with van der Waals surface area (Å²) in [7, 11) is 0. The first kappa shape index (κ1) is 18.0. The number of nitrogens with one attached hydrogen (secondary N) is 1. The predicted octanol–water partition coefficient (Wildman–Crippen LogP) is 3.94. The van der Waals surface area contributed by atoms with Crippen LogP contribution in [-0.4, -0.2) is 23.2 Å². The van der Waals surface area contributed by atoms with Crippen LogP contribution in [0.15, 0.2) is 23.0 Å². The zero-order valence-corrected chi connectivity index (χ0v) is 16.8. The number of hydrogen-bond donors (Lipinski definition) is 1. The molecule has 2 aromatic heterocycles. The minimum absolute atomic E-state index is 0.166. The van der Waals surface area contributed by atoms with Gasteiger partial charge in [0.25, 0.3) is 5.56 Å². The molecule has 1 aromatic carbocycles. The third-order valence-electron chi connectivity index (χ3n) is 5.42. The number of fused-ring (bicyclic) bond motifs is 4. The number of aromatic nitrogens is 2. The number of H-pyrrole nitrogens is 1. The van der Waals surface area contributed by atoms with E-state index < -0.39 is 0 Å². The number of thiophene rings is 1. The van der Waals surface area contributed by atoms with Gasteiger partial charge in [-0.2, -0.15) is 5.26 Å². The summed E-state index contributed by atoms with van der Waals surface area (Å²) in [5.74, 6) is 2.27. The standard InChI is InChI=1S/C22H19N3O3S/c1-12-2-4-15-18(8-12)29-22-19(15)21(26)24-20(25-22)14(11-23)9-13-3-5-16-17(10-13)28-7-6-27-16/h3,5,9-10,12H,2,4,6-8H2,1H3,(H,24,25,26)/b14-9-. The summed E-state index contributed by atoms with van der Waals surface area (Å²) in [6.45, 7) is 3.26. The SMILES string of the molecule is CC1CCc2c(sc3nc(/C(C#N)=C\c4ccc5c(c4)OCCO5)[nH]c(=O)c23)C1. The smallest absolute Gasteiger partial charge is 0.260 e. The highest BCUT2D eigenvalue weighted by atomic mass is 32.1. The summed E-state index contributed by atoms with van der Waals surface area (Å²) in [6, 6.07) is 7.67. The van der Waals surface area contributed by atoms with Crippen molar-refractivity contribution in [2.24, 2.45) is 5.92 Å². The van der Waals surface area contributed by atoms with Gasteiger partial charge in [-0.1, -0.05) is 13.0 Å². The van der Waals surface area contributed by atoms with Crippen LogP contribution >= 0.6 is 11.3 Å². The highest BCUT2D eigenvalue weighted by Crippen LogP contribution is 2.36. The summed E-state index contributed by atoms with van der Waals surface area (Å²) >= 11 is 1.58. The molecule has 3 heterocycles. The molecule has 0 saturated heterocycles. The minimum atomic E-state index is -0.166. The van der Waals surface area contributed by atoms with Gasteiger partial charge >= 0.3 is 0 Å². The van der Waals surface area contributed by atoms with Crippen LogP contribution in [0.3, 0.4) is 0 Å². The van der Waals surface area contributed by atoms with Crippen molar-refractivity contribution in [3.63, 3.8) is 0 Å². The summed E-state index contributed by atoms with van der Waals surface area (Å²) in [4.78, 5) is 22.2. The zero-order chi connectivity index (χ0) is 20.0. The van der Waals surface area contributed by atoms with Crippen LogP contribution in [0.5, 0.6) is 11.5 Å². The lowest BCUT2D eigenvalue weighted by atomic mass is 9.89. The van der Waals surface area contributed by atoms with Crippen LogP contribution in [0.1, 0.15) is 35.2 Å². The van der Waals surface area contributed by atoms with Crippen molar-refractivity contribution in [2.75, 3.05) is 13.2 Å². The Morgan fingerprint density at radius 3 is 3.00 bits per heavy atom. The van der Waals surface area contributed by atoms with E-state index in [1.54, 1.807) is 17.4 Å². The van der Waals surface area contributed by atoms with Crippen LogP contribution in [0.2, 0.25) is 0 Å². The summed E-state index contributed by atoms with van der Waals surface area (Å²) < 4.78 is 11.1. The Balaban J connectivity index is 1.58. The van der Waals surface area contributed by atoms with Crippen LogP contribution in [0, 0.1) is 17.2 Å². The minimum Gasteiger partial charge on any atom is -0.486 e. The van der Waals surface area contributed by atoms with Gasteiger partial charge in [-0.15, -0.1) is 11.3 Å². The number of nitrogens with zero attached hydrogens (tertiary/aromatic N) is 2. The molecule has 2 aliphatic rings. The van der Waals surface area contributed by atoms with Crippen LogP contribution in [0.4, 0.5) is 0 Å². The van der Waals surface area contributed by atoms with Gasteiger partial charge in [-0.05, 0) is 54.5 Å². The first-order valence-electron chi connectivity index (χ1n) is 9.69.